The van der Waals surface area contributed by atoms with Crippen LogP contribution in [0.1, 0.15) is 25.7 Å². The molecule has 0 aromatic heterocycles. The molecule has 2 bridgehead atoms. The third kappa shape index (κ3) is 1.27. The van der Waals surface area contributed by atoms with Crippen LogP contribution in [-0.2, 0) is 4.74 Å². The van der Waals surface area contributed by atoms with Crippen molar-refractivity contribution in [1.29, 1.82) is 0 Å². The molecule has 1 atom stereocenters. The second-order valence-corrected chi connectivity index (χ2v) is 3.41. The molecule has 0 amide bonds. The van der Waals surface area contributed by atoms with Crippen molar-refractivity contribution in [3.05, 3.63) is 11.3 Å². The zero-order valence-electron chi connectivity index (χ0n) is 6.68. The van der Waals surface area contributed by atoms with Crippen LogP contribution in [0.3, 0.4) is 0 Å². The summed E-state index contributed by atoms with van der Waals surface area (Å²) in [7, 11) is 0. The summed E-state index contributed by atoms with van der Waals surface area (Å²) in [4.78, 5) is 0. The Morgan fingerprint density at radius 2 is 2.36 bits per heavy atom. The van der Waals surface area contributed by atoms with Crippen LogP contribution in [0.25, 0.3) is 0 Å². The lowest BCUT2D eigenvalue weighted by atomic mass is 10.1. The molecule has 0 saturated heterocycles. The Kier molecular flexibility index (Phi) is 1.86. The molecule has 2 rings (SSSR count). The molecule has 0 aromatic rings. The number of rotatable bonds is 3. The number of allylic oxidation sites excluding steroid dienone is 2. The predicted octanol–water partition coefficient (Wildman–Crippen LogP) is 1.45. The molecule has 2 nitrogen and oxygen atoms in total. The van der Waals surface area contributed by atoms with Crippen LogP contribution >= 0.6 is 0 Å². The lowest BCUT2D eigenvalue weighted by Crippen LogP contribution is -2.02. The SMILES string of the molecule is OCCOC1=C2CCC(C2)C1. The van der Waals surface area contributed by atoms with E-state index in [2.05, 4.69) is 0 Å². The maximum absolute atomic E-state index is 8.55. The van der Waals surface area contributed by atoms with E-state index in [0.29, 0.717) is 6.61 Å². The van der Waals surface area contributed by atoms with E-state index in [-0.39, 0.29) is 6.61 Å². The molecule has 0 aromatic carbocycles. The molecular formula is C9H14O2. The van der Waals surface area contributed by atoms with Gasteiger partial charge < -0.3 is 9.84 Å². The molecule has 2 aliphatic rings. The minimum absolute atomic E-state index is 0.140. The average molecular weight is 154 g/mol. The Morgan fingerprint density at radius 1 is 1.45 bits per heavy atom. The first-order valence-corrected chi connectivity index (χ1v) is 4.34. The van der Waals surface area contributed by atoms with E-state index in [4.69, 9.17) is 9.84 Å². The van der Waals surface area contributed by atoms with Gasteiger partial charge in [-0.1, -0.05) is 0 Å². The number of hydrogen-bond acceptors (Lipinski definition) is 2. The second-order valence-electron chi connectivity index (χ2n) is 3.41. The van der Waals surface area contributed by atoms with E-state index >= 15 is 0 Å². The fraction of sp³-hybridized carbons (Fsp3) is 0.778. The third-order valence-electron chi connectivity index (χ3n) is 2.63. The van der Waals surface area contributed by atoms with Gasteiger partial charge in [-0.15, -0.1) is 0 Å². The number of aliphatic hydroxyl groups excluding tert-OH is 1. The van der Waals surface area contributed by atoms with Crippen LogP contribution in [-0.4, -0.2) is 18.3 Å². The van der Waals surface area contributed by atoms with Gasteiger partial charge in [0.1, 0.15) is 6.61 Å². The highest BCUT2D eigenvalue weighted by atomic mass is 16.5. The van der Waals surface area contributed by atoms with Crippen LogP contribution in [0.5, 0.6) is 0 Å². The summed E-state index contributed by atoms with van der Waals surface area (Å²) < 4.78 is 5.42. The van der Waals surface area contributed by atoms with Crippen molar-refractivity contribution < 1.29 is 9.84 Å². The Morgan fingerprint density at radius 3 is 2.91 bits per heavy atom. The van der Waals surface area contributed by atoms with E-state index in [0.717, 1.165) is 12.3 Å². The monoisotopic (exact) mass is 154 g/mol. The molecule has 0 radical (unpaired) electrons. The highest BCUT2D eigenvalue weighted by Crippen LogP contribution is 2.44. The van der Waals surface area contributed by atoms with Gasteiger partial charge in [-0.2, -0.15) is 0 Å². The molecule has 1 unspecified atom stereocenters. The van der Waals surface area contributed by atoms with E-state index in [1.165, 1.54) is 30.6 Å². The predicted molar refractivity (Wildman–Crippen MR) is 42.0 cm³/mol. The fourth-order valence-corrected chi connectivity index (χ4v) is 2.09. The van der Waals surface area contributed by atoms with Crippen molar-refractivity contribution in [2.75, 3.05) is 13.2 Å². The normalized spacial score (nSPS) is 28.3. The smallest absolute Gasteiger partial charge is 0.111 e. The van der Waals surface area contributed by atoms with Gasteiger partial charge >= 0.3 is 0 Å². The molecule has 1 saturated carbocycles. The van der Waals surface area contributed by atoms with Gasteiger partial charge in [0.2, 0.25) is 0 Å². The summed E-state index contributed by atoms with van der Waals surface area (Å²) >= 11 is 0. The van der Waals surface area contributed by atoms with Crippen molar-refractivity contribution in [2.24, 2.45) is 5.92 Å². The standard InChI is InChI=1S/C9H14O2/c10-3-4-11-9-6-7-1-2-8(9)5-7/h7,10H,1-6H2. The van der Waals surface area contributed by atoms with Crippen molar-refractivity contribution in [3.63, 3.8) is 0 Å². The van der Waals surface area contributed by atoms with E-state index in [1.807, 2.05) is 0 Å². The lowest BCUT2D eigenvalue weighted by molar-refractivity contribution is 0.135. The van der Waals surface area contributed by atoms with Crippen molar-refractivity contribution >= 4 is 0 Å². The number of fused-ring (bicyclic) bond motifs is 2. The highest BCUT2D eigenvalue weighted by molar-refractivity contribution is 5.21. The average Bonchev–Trinajstić information content (AvgIpc) is 2.60. The van der Waals surface area contributed by atoms with Gasteiger partial charge in [0.25, 0.3) is 0 Å². The van der Waals surface area contributed by atoms with Gasteiger partial charge in [0, 0.05) is 6.42 Å². The van der Waals surface area contributed by atoms with Gasteiger partial charge in [-0.25, -0.2) is 0 Å². The fourth-order valence-electron chi connectivity index (χ4n) is 2.09. The molecule has 0 spiro atoms. The highest BCUT2D eigenvalue weighted by Gasteiger charge is 2.30. The Hall–Kier alpha value is -0.500. The Labute approximate surface area is 66.9 Å². The Bertz CT molecular complexity index is 184. The minimum atomic E-state index is 0.140. The first kappa shape index (κ1) is 7.17. The molecule has 1 N–H and O–H groups in total. The van der Waals surface area contributed by atoms with Crippen LogP contribution < -0.4 is 0 Å². The quantitative estimate of drug-likeness (QED) is 0.666. The van der Waals surface area contributed by atoms with E-state index in [9.17, 15) is 0 Å². The van der Waals surface area contributed by atoms with Crippen LogP contribution in [0.4, 0.5) is 0 Å². The molecule has 1 fully saturated rings. The van der Waals surface area contributed by atoms with E-state index in [1.54, 1.807) is 0 Å². The first-order chi connectivity index (χ1) is 5.40. The maximum atomic E-state index is 8.55. The molecule has 11 heavy (non-hydrogen) atoms. The third-order valence-corrected chi connectivity index (χ3v) is 2.63. The van der Waals surface area contributed by atoms with Crippen LogP contribution in [0, 0.1) is 5.92 Å². The van der Waals surface area contributed by atoms with Gasteiger partial charge in [-0.05, 0) is 30.8 Å². The maximum Gasteiger partial charge on any atom is 0.111 e. The van der Waals surface area contributed by atoms with Crippen LogP contribution in [0.2, 0.25) is 0 Å². The zero-order chi connectivity index (χ0) is 7.68. The van der Waals surface area contributed by atoms with E-state index < -0.39 is 0 Å². The molecule has 2 heteroatoms. The largest absolute Gasteiger partial charge is 0.496 e. The number of aliphatic hydroxyl groups is 1. The van der Waals surface area contributed by atoms with Gasteiger partial charge in [0.15, 0.2) is 0 Å². The summed E-state index contributed by atoms with van der Waals surface area (Å²) in [6.07, 6.45) is 5.00. The van der Waals surface area contributed by atoms with Crippen molar-refractivity contribution in [1.82, 2.24) is 0 Å². The summed E-state index contributed by atoms with van der Waals surface area (Å²) in [5, 5.41) is 8.55. The topological polar surface area (TPSA) is 29.5 Å². The van der Waals surface area contributed by atoms with Gasteiger partial charge in [0.05, 0.1) is 12.4 Å². The molecule has 62 valence electrons. The minimum Gasteiger partial charge on any atom is -0.496 e. The summed E-state index contributed by atoms with van der Waals surface area (Å²) in [5.41, 5.74) is 1.52. The van der Waals surface area contributed by atoms with Gasteiger partial charge in [-0.3, -0.25) is 0 Å². The molecular weight excluding hydrogens is 140 g/mol. The van der Waals surface area contributed by atoms with Crippen molar-refractivity contribution in [2.45, 2.75) is 25.7 Å². The first-order valence-electron chi connectivity index (χ1n) is 4.34. The zero-order valence-corrected chi connectivity index (χ0v) is 6.68. The lowest BCUT2D eigenvalue weighted by Gasteiger charge is -2.12. The molecule has 2 aliphatic carbocycles. The summed E-state index contributed by atoms with van der Waals surface area (Å²) in [6, 6.07) is 0. The van der Waals surface area contributed by atoms with Crippen molar-refractivity contribution in [3.8, 4) is 0 Å². The molecule has 0 aliphatic heterocycles. The molecule has 0 heterocycles. The summed E-state index contributed by atoms with van der Waals surface area (Å²) in [6.45, 7) is 0.618. The summed E-state index contributed by atoms with van der Waals surface area (Å²) in [5.74, 6) is 2.06. The Balaban J connectivity index is 1.93. The second kappa shape index (κ2) is 2.86. The van der Waals surface area contributed by atoms with Crippen LogP contribution in [0.15, 0.2) is 11.3 Å². The number of hydrogen-bond donors (Lipinski definition) is 1. The number of ether oxygens (including phenoxy) is 1.